The molecule has 8 nitrogen and oxygen atoms in total. The molecule has 2 N–H and O–H groups in total. The third-order valence-electron chi connectivity index (χ3n) is 5.30. The molecule has 2 aliphatic rings. The van der Waals surface area contributed by atoms with Crippen molar-refractivity contribution in [2.75, 3.05) is 44.2 Å². The second-order valence-corrected chi connectivity index (χ2v) is 8.12. The first-order valence-electron chi connectivity index (χ1n) is 10.6. The van der Waals surface area contributed by atoms with Crippen molar-refractivity contribution in [1.82, 2.24) is 24.9 Å². The highest BCUT2D eigenvalue weighted by molar-refractivity contribution is 7.09. The van der Waals surface area contributed by atoms with Gasteiger partial charge in [-0.25, -0.2) is 9.98 Å². The predicted octanol–water partition coefficient (Wildman–Crippen LogP) is 1.64. The summed E-state index contributed by atoms with van der Waals surface area (Å²) in [5.74, 6) is 1.77. The number of rotatable bonds is 6. The Morgan fingerprint density at radius 1 is 1.18 bits per heavy atom. The minimum absolute atomic E-state index is 0.0295. The minimum Gasteiger partial charge on any atom is -0.357 e. The highest BCUT2D eigenvalue weighted by Crippen LogP contribution is 2.19. The lowest BCUT2D eigenvalue weighted by atomic mass is 9.95. The first-order valence-corrected chi connectivity index (χ1v) is 11.4. The van der Waals surface area contributed by atoms with Crippen LogP contribution in [0.1, 0.15) is 51.8 Å². The first kappa shape index (κ1) is 20.8. The number of nitrogens with one attached hydrogen (secondary N) is 2. The van der Waals surface area contributed by atoms with E-state index in [4.69, 9.17) is 0 Å². The Labute approximate surface area is 172 Å². The van der Waals surface area contributed by atoms with Gasteiger partial charge in [0.2, 0.25) is 11.0 Å². The minimum atomic E-state index is 0.0295. The van der Waals surface area contributed by atoms with Gasteiger partial charge in [0.05, 0.1) is 0 Å². The smallest absolute Gasteiger partial charge is 0.242 e. The Balaban J connectivity index is 1.50. The number of guanidine groups is 1. The lowest BCUT2D eigenvalue weighted by Crippen LogP contribution is -2.52. The van der Waals surface area contributed by atoms with Gasteiger partial charge in [0.15, 0.2) is 5.96 Å². The quantitative estimate of drug-likeness (QED) is 0.551. The molecule has 2 heterocycles. The number of aryl methyl sites for hydroxylation is 1. The molecule has 2 fully saturated rings. The van der Waals surface area contributed by atoms with Gasteiger partial charge in [-0.3, -0.25) is 4.79 Å². The van der Waals surface area contributed by atoms with Gasteiger partial charge in [0.1, 0.15) is 12.4 Å². The van der Waals surface area contributed by atoms with Crippen molar-refractivity contribution in [3.63, 3.8) is 0 Å². The summed E-state index contributed by atoms with van der Waals surface area (Å²) in [6.45, 7) is 8.60. The van der Waals surface area contributed by atoms with Crippen LogP contribution in [0.15, 0.2) is 4.99 Å². The maximum absolute atomic E-state index is 12.3. The number of hydrogen-bond acceptors (Lipinski definition) is 6. The van der Waals surface area contributed by atoms with E-state index in [1.165, 1.54) is 30.8 Å². The Morgan fingerprint density at radius 2 is 1.93 bits per heavy atom. The summed E-state index contributed by atoms with van der Waals surface area (Å²) in [6, 6.07) is 0.336. The number of aromatic nitrogens is 2. The number of aliphatic imine (C=N–C) groups is 1. The summed E-state index contributed by atoms with van der Waals surface area (Å²) in [7, 11) is 0. The number of amides is 1. The maximum atomic E-state index is 12.3. The Kier molecular flexibility index (Phi) is 7.88. The van der Waals surface area contributed by atoms with E-state index in [0.29, 0.717) is 6.04 Å². The van der Waals surface area contributed by atoms with Gasteiger partial charge in [-0.05, 0) is 19.8 Å². The second kappa shape index (κ2) is 10.6. The van der Waals surface area contributed by atoms with E-state index >= 15 is 0 Å². The third-order valence-corrected chi connectivity index (χ3v) is 6.12. The summed E-state index contributed by atoms with van der Waals surface area (Å²) >= 11 is 1.48. The average Bonchev–Trinajstić information content (AvgIpc) is 3.21. The fourth-order valence-electron chi connectivity index (χ4n) is 3.72. The van der Waals surface area contributed by atoms with Crippen molar-refractivity contribution in [2.45, 2.75) is 58.4 Å². The molecule has 0 spiro atoms. The van der Waals surface area contributed by atoms with Gasteiger partial charge in [0, 0.05) is 56.7 Å². The molecule has 1 aliphatic heterocycles. The normalized spacial score (nSPS) is 19.0. The molecule has 1 saturated heterocycles. The summed E-state index contributed by atoms with van der Waals surface area (Å²) in [6.07, 6.45) is 6.80. The molecular weight excluding hydrogens is 374 g/mol. The van der Waals surface area contributed by atoms with Gasteiger partial charge in [-0.1, -0.05) is 26.2 Å². The molecule has 9 heteroatoms. The van der Waals surface area contributed by atoms with Crippen LogP contribution in [0.2, 0.25) is 0 Å². The molecule has 156 valence electrons. The molecule has 28 heavy (non-hydrogen) atoms. The fraction of sp³-hybridized carbons (Fsp3) is 0.789. The number of anilines is 1. The fourth-order valence-corrected chi connectivity index (χ4v) is 4.52. The molecule has 1 amide bonds. The van der Waals surface area contributed by atoms with Gasteiger partial charge in [0.25, 0.3) is 0 Å². The number of carbonyl (C=O) groups is 1. The van der Waals surface area contributed by atoms with Gasteiger partial charge in [-0.2, -0.15) is 4.37 Å². The third kappa shape index (κ3) is 5.80. The van der Waals surface area contributed by atoms with Crippen molar-refractivity contribution >= 4 is 28.5 Å². The molecular formula is C19H33N7OS. The monoisotopic (exact) mass is 407 g/mol. The molecule has 1 aliphatic carbocycles. The van der Waals surface area contributed by atoms with E-state index in [9.17, 15) is 4.79 Å². The van der Waals surface area contributed by atoms with Crippen LogP contribution < -0.4 is 15.5 Å². The Hall–Kier alpha value is -1.90. The van der Waals surface area contributed by atoms with E-state index in [0.717, 1.165) is 68.9 Å². The van der Waals surface area contributed by atoms with Crippen LogP contribution in [0, 0.1) is 0 Å². The van der Waals surface area contributed by atoms with Crippen LogP contribution in [0.3, 0.4) is 0 Å². The predicted molar refractivity (Wildman–Crippen MR) is 114 cm³/mol. The average molecular weight is 408 g/mol. The van der Waals surface area contributed by atoms with Crippen LogP contribution in [0.5, 0.6) is 0 Å². The summed E-state index contributed by atoms with van der Waals surface area (Å²) in [5, 5.41) is 7.48. The molecule has 1 aromatic heterocycles. The lowest BCUT2D eigenvalue weighted by Gasteiger charge is -2.36. The number of hydrogen-bond donors (Lipinski definition) is 2. The molecule has 0 atom stereocenters. The number of piperazine rings is 1. The van der Waals surface area contributed by atoms with Gasteiger partial charge >= 0.3 is 0 Å². The van der Waals surface area contributed by atoms with Crippen LogP contribution in [0.25, 0.3) is 0 Å². The topological polar surface area (TPSA) is 85.8 Å². The summed E-state index contributed by atoms with van der Waals surface area (Å²) in [4.78, 5) is 26.0. The van der Waals surface area contributed by atoms with E-state index in [-0.39, 0.29) is 12.5 Å². The van der Waals surface area contributed by atoms with E-state index in [1.54, 1.807) is 0 Å². The zero-order valence-corrected chi connectivity index (χ0v) is 17.9. The van der Waals surface area contributed by atoms with Gasteiger partial charge in [-0.15, -0.1) is 0 Å². The second-order valence-electron chi connectivity index (χ2n) is 7.39. The van der Waals surface area contributed by atoms with Crippen molar-refractivity contribution in [2.24, 2.45) is 4.99 Å². The Morgan fingerprint density at radius 3 is 2.57 bits per heavy atom. The van der Waals surface area contributed by atoms with E-state index in [1.807, 2.05) is 0 Å². The van der Waals surface area contributed by atoms with E-state index in [2.05, 4.69) is 48.6 Å². The van der Waals surface area contributed by atoms with Crippen molar-refractivity contribution in [1.29, 1.82) is 0 Å². The van der Waals surface area contributed by atoms with Crippen molar-refractivity contribution in [3.8, 4) is 0 Å². The maximum Gasteiger partial charge on any atom is 0.242 e. The van der Waals surface area contributed by atoms with Crippen molar-refractivity contribution < 1.29 is 4.79 Å². The number of carbonyl (C=O) groups excluding carboxylic acids is 1. The first-order chi connectivity index (χ1) is 13.7. The molecule has 3 rings (SSSR count). The number of nitrogens with zero attached hydrogens (tertiary/aromatic N) is 5. The summed E-state index contributed by atoms with van der Waals surface area (Å²) in [5.41, 5.74) is 0. The van der Waals surface area contributed by atoms with Crippen molar-refractivity contribution in [3.05, 3.63) is 5.82 Å². The zero-order valence-electron chi connectivity index (χ0n) is 17.1. The van der Waals surface area contributed by atoms with Crippen LogP contribution in [-0.2, 0) is 11.2 Å². The SMILES string of the molecule is CCNC(=NCC(=O)NC1CCCCC1)N1CCN(c2nc(CC)ns2)CC1. The molecule has 0 aromatic carbocycles. The van der Waals surface area contributed by atoms with Gasteiger partial charge < -0.3 is 20.4 Å². The molecule has 0 unspecified atom stereocenters. The lowest BCUT2D eigenvalue weighted by molar-refractivity contribution is -0.120. The van der Waals surface area contributed by atoms with E-state index < -0.39 is 0 Å². The molecule has 1 saturated carbocycles. The molecule has 1 aromatic rings. The van der Waals surface area contributed by atoms with Crippen LogP contribution >= 0.6 is 11.5 Å². The largest absolute Gasteiger partial charge is 0.357 e. The Bertz CT molecular complexity index is 648. The van der Waals surface area contributed by atoms with Crippen LogP contribution in [-0.4, -0.2) is 71.4 Å². The molecule has 0 radical (unpaired) electrons. The molecule has 0 bridgehead atoms. The standard InChI is InChI=1S/C19H33N7OS/c1-3-16-23-19(28-24-16)26-12-10-25(11-13-26)18(20-4-2)21-14-17(27)22-15-8-6-5-7-9-15/h15H,3-14H2,1-2H3,(H,20,21)(H,22,27). The highest BCUT2D eigenvalue weighted by Gasteiger charge is 2.22. The van der Waals surface area contributed by atoms with Crippen LogP contribution in [0.4, 0.5) is 5.13 Å². The highest BCUT2D eigenvalue weighted by atomic mass is 32.1. The zero-order chi connectivity index (χ0) is 19.8. The summed E-state index contributed by atoms with van der Waals surface area (Å²) < 4.78 is 4.38.